The molecule has 2 aromatic rings. The van der Waals surface area contributed by atoms with E-state index in [0.717, 1.165) is 17.2 Å². The highest BCUT2D eigenvalue weighted by atomic mass is 19.4. The lowest BCUT2D eigenvalue weighted by Crippen LogP contribution is -2.51. The Kier molecular flexibility index (Phi) is 10.9. The molecule has 3 rings (SSSR count). The first-order chi connectivity index (χ1) is 19.5. The van der Waals surface area contributed by atoms with E-state index < -0.39 is 35.1 Å². The number of nitrogens with zero attached hydrogens (tertiary/aromatic N) is 3. The largest absolute Gasteiger partial charge is 0.444 e. The third-order valence-corrected chi connectivity index (χ3v) is 6.59. The predicted molar refractivity (Wildman–Crippen MR) is 154 cm³/mol. The van der Waals surface area contributed by atoms with Crippen LogP contribution in [0.2, 0.25) is 0 Å². The highest BCUT2D eigenvalue weighted by molar-refractivity contribution is 5.69. The van der Waals surface area contributed by atoms with Crippen molar-refractivity contribution in [2.75, 3.05) is 19.6 Å². The summed E-state index contributed by atoms with van der Waals surface area (Å²) in [6, 6.07) is 9.84. The molecule has 11 heteroatoms. The van der Waals surface area contributed by atoms with Gasteiger partial charge in [0.15, 0.2) is 0 Å². The zero-order valence-electron chi connectivity index (χ0n) is 25.4. The van der Waals surface area contributed by atoms with Crippen LogP contribution in [-0.2, 0) is 35.2 Å². The minimum atomic E-state index is -4.54. The first-order valence-corrected chi connectivity index (χ1v) is 14.3. The van der Waals surface area contributed by atoms with Crippen molar-refractivity contribution in [3.8, 4) is 0 Å². The number of hydrogen-bond acceptors (Lipinski definition) is 6. The number of aromatic nitrogens is 1. The number of amides is 2. The number of carbonyl (C=O) groups excluding carboxylic acids is 2. The molecule has 0 spiro atoms. The molecule has 0 fully saturated rings. The lowest BCUT2D eigenvalue weighted by atomic mass is 9.93. The van der Waals surface area contributed by atoms with Crippen molar-refractivity contribution in [3.05, 3.63) is 65.0 Å². The predicted octanol–water partition coefficient (Wildman–Crippen LogP) is 6.57. The van der Waals surface area contributed by atoms with Crippen LogP contribution >= 0.6 is 0 Å². The second-order valence-corrected chi connectivity index (χ2v) is 12.6. The summed E-state index contributed by atoms with van der Waals surface area (Å²) in [5.41, 5.74) is -0.0505. The number of halogens is 3. The SMILES string of the molecule is CC(C)(C)OC(=O)NCCCCN(Cc1ncccc1C(F)(F)F)C[C@H]1Cc2ccccc2CN1C(=O)OC(C)(C)C. The van der Waals surface area contributed by atoms with E-state index in [9.17, 15) is 22.8 Å². The number of benzene rings is 1. The molecule has 0 radical (unpaired) electrons. The third-order valence-electron chi connectivity index (χ3n) is 6.59. The number of ether oxygens (including phenoxy) is 2. The van der Waals surface area contributed by atoms with Gasteiger partial charge in [0.25, 0.3) is 0 Å². The van der Waals surface area contributed by atoms with Gasteiger partial charge >= 0.3 is 18.4 Å². The Hall–Kier alpha value is -3.34. The van der Waals surface area contributed by atoms with Crippen LogP contribution in [0.25, 0.3) is 0 Å². The number of pyridine rings is 1. The number of carbonyl (C=O) groups is 2. The van der Waals surface area contributed by atoms with Gasteiger partial charge in [-0.3, -0.25) is 14.8 Å². The maximum Gasteiger partial charge on any atom is 0.418 e. The van der Waals surface area contributed by atoms with Crippen LogP contribution in [0.5, 0.6) is 0 Å². The van der Waals surface area contributed by atoms with Crippen molar-refractivity contribution in [1.29, 1.82) is 0 Å². The summed E-state index contributed by atoms with van der Waals surface area (Å²) in [6.07, 6.45) is -2.43. The molecule has 1 aliphatic heterocycles. The quantitative estimate of drug-likeness (QED) is 0.332. The molecule has 1 aromatic heterocycles. The molecule has 2 heterocycles. The maximum atomic E-state index is 13.8. The minimum Gasteiger partial charge on any atom is -0.444 e. The molecule has 0 saturated heterocycles. The minimum absolute atomic E-state index is 0.0461. The van der Waals surface area contributed by atoms with E-state index >= 15 is 0 Å². The van der Waals surface area contributed by atoms with Crippen molar-refractivity contribution in [1.82, 2.24) is 20.1 Å². The van der Waals surface area contributed by atoms with Crippen LogP contribution in [0, 0.1) is 0 Å². The Morgan fingerprint density at radius 3 is 2.29 bits per heavy atom. The van der Waals surface area contributed by atoms with Crippen molar-refractivity contribution in [2.24, 2.45) is 0 Å². The number of hydrogen-bond donors (Lipinski definition) is 1. The van der Waals surface area contributed by atoms with Crippen LogP contribution in [0.4, 0.5) is 22.8 Å². The molecule has 2 amide bonds. The van der Waals surface area contributed by atoms with Crippen LogP contribution in [0.3, 0.4) is 0 Å². The average molecular weight is 593 g/mol. The molecule has 232 valence electrons. The molecule has 1 atom stereocenters. The van der Waals surface area contributed by atoms with E-state index in [4.69, 9.17) is 9.47 Å². The van der Waals surface area contributed by atoms with E-state index in [-0.39, 0.29) is 18.3 Å². The molecule has 8 nitrogen and oxygen atoms in total. The second-order valence-electron chi connectivity index (χ2n) is 12.6. The first kappa shape index (κ1) is 33.2. The molecule has 1 N–H and O–H groups in total. The van der Waals surface area contributed by atoms with Gasteiger partial charge in [-0.05, 0) is 90.6 Å². The van der Waals surface area contributed by atoms with Gasteiger partial charge in [-0.2, -0.15) is 13.2 Å². The first-order valence-electron chi connectivity index (χ1n) is 14.3. The van der Waals surface area contributed by atoms with E-state index in [1.165, 1.54) is 12.3 Å². The van der Waals surface area contributed by atoms with Crippen LogP contribution in [0.1, 0.15) is 76.8 Å². The highest BCUT2D eigenvalue weighted by Gasteiger charge is 2.36. The van der Waals surface area contributed by atoms with E-state index in [1.807, 2.05) is 29.2 Å². The fraction of sp³-hybridized carbons (Fsp3) is 0.581. The molecule has 0 unspecified atom stereocenters. The molecular weight excluding hydrogens is 549 g/mol. The maximum absolute atomic E-state index is 13.8. The van der Waals surface area contributed by atoms with Gasteiger partial charge in [0, 0.05) is 32.4 Å². The number of unbranched alkanes of at least 4 members (excludes halogenated alkanes) is 1. The monoisotopic (exact) mass is 592 g/mol. The topological polar surface area (TPSA) is 84.0 Å². The normalized spacial score (nSPS) is 15.8. The average Bonchev–Trinajstić information content (AvgIpc) is 2.85. The molecular formula is C31H43F3N4O4. The molecule has 42 heavy (non-hydrogen) atoms. The molecule has 0 aliphatic carbocycles. The van der Waals surface area contributed by atoms with E-state index in [2.05, 4.69) is 10.3 Å². The van der Waals surface area contributed by atoms with Crippen molar-refractivity contribution in [3.63, 3.8) is 0 Å². The Bertz CT molecular complexity index is 1210. The van der Waals surface area contributed by atoms with Gasteiger partial charge in [-0.25, -0.2) is 9.59 Å². The van der Waals surface area contributed by atoms with Gasteiger partial charge in [-0.15, -0.1) is 0 Å². The Morgan fingerprint density at radius 1 is 0.976 bits per heavy atom. The number of fused-ring (bicyclic) bond motifs is 1. The summed E-state index contributed by atoms with van der Waals surface area (Å²) < 4.78 is 52.4. The van der Waals surface area contributed by atoms with E-state index in [1.54, 1.807) is 46.4 Å². The lowest BCUT2D eigenvalue weighted by Gasteiger charge is -2.40. The van der Waals surface area contributed by atoms with E-state index in [0.29, 0.717) is 45.4 Å². The molecule has 1 aliphatic rings. The number of rotatable bonds is 9. The third kappa shape index (κ3) is 10.5. The number of alkyl carbamates (subject to hydrolysis) is 1. The second kappa shape index (κ2) is 13.8. The summed E-state index contributed by atoms with van der Waals surface area (Å²) in [5, 5.41) is 2.72. The highest BCUT2D eigenvalue weighted by Crippen LogP contribution is 2.32. The van der Waals surface area contributed by atoms with Gasteiger partial charge in [0.05, 0.1) is 17.3 Å². The summed E-state index contributed by atoms with van der Waals surface area (Å²) >= 11 is 0. The van der Waals surface area contributed by atoms with Gasteiger partial charge < -0.3 is 14.8 Å². The Balaban J connectivity index is 1.79. The molecule has 0 saturated carbocycles. The summed E-state index contributed by atoms with van der Waals surface area (Å²) in [4.78, 5) is 32.9. The fourth-order valence-corrected chi connectivity index (χ4v) is 4.82. The lowest BCUT2D eigenvalue weighted by molar-refractivity contribution is -0.138. The van der Waals surface area contributed by atoms with Crippen molar-refractivity contribution in [2.45, 2.75) is 97.3 Å². The smallest absolute Gasteiger partial charge is 0.418 e. The molecule has 0 bridgehead atoms. The zero-order valence-corrected chi connectivity index (χ0v) is 25.4. The zero-order chi connectivity index (χ0) is 31.1. The Morgan fingerprint density at radius 2 is 1.64 bits per heavy atom. The van der Waals surface area contributed by atoms with Crippen LogP contribution < -0.4 is 5.32 Å². The van der Waals surface area contributed by atoms with Gasteiger partial charge in [0.1, 0.15) is 11.2 Å². The van der Waals surface area contributed by atoms with Crippen molar-refractivity contribution >= 4 is 12.2 Å². The summed E-state index contributed by atoms with van der Waals surface area (Å²) in [6.45, 7) is 12.2. The van der Waals surface area contributed by atoms with Crippen molar-refractivity contribution < 1.29 is 32.2 Å². The van der Waals surface area contributed by atoms with Crippen LogP contribution in [-0.4, -0.2) is 63.8 Å². The molecule has 1 aromatic carbocycles. The number of alkyl halides is 3. The fourth-order valence-electron chi connectivity index (χ4n) is 4.82. The van der Waals surface area contributed by atoms with Gasteiger partial charge in [-0.1, -0.05) is 24.3 Å². The standard InChI is InChI=1S/C31H43F3N4O4/c1-29(2,3)41-27(39)36-15-9-10-17-37(21-26-25(31(32,33)34)14-11-16-35-26)20-24-18-22-12-7-8-13-23(22)19-38(24)28(40)42-30(4,5)6/h7-8,11-14,16,24H,9-10,15,17-21H2,1-6H3,(H,36,39)/t24-/m1/s1. The van der Waals surface area contributed by atoms with Crippen LogP contribution in [0.15, 0.2) is 42.6 Å². The summed E-state index contributed by atoms with van der Waals surface area (Å²) in [5.74, 6) is 0. The number of nitrogens with one attached hydrogen (secondary N) is 1. The van der Waals surface area contributed by atoms with Gasteiger partial charge in [0.2, 0.25) is 0 Å². The summed E-state index contributed by atoms with van der Waals surface area (Å²) in [7, 11) is 0. The Labute approximate surface area is 246 Å².